The van der Waals surface area contributed by atoms with E-state index >= 15 is 0 Å². The molecule has 1 heterocycles. The molecule has 0 bridgehead atoms. The van der Waals surface area contributed by atoms with Crippen LogP contribution in [0.25, 0.3) is 0 Å². The molecule has 6 nitrogen and oxygen atoms in total. The molecule has 0 spiro atoms. The maximum Gasteiger partial charge on any atom is 0.292 e. The molecule has 2 aromatic rings. The van der Waals surface area contributed by atoms with Crippen LogP contribution in [0.3, 0.4) is 0 Å². The molecule has 2 amide bonds. The monoisotopic (exact) mass is 448 g/mol. The number of hydrogen-bond acceptors (Lipinski definition) is 4. The van der Waals surface area contributed by atoms with Gasteiger partial charge in [-0.25, -0.2) is 5.01 Å². The van der Waals surface area contributed by atoms with E-state index in [9.17, 15) is 9.59 Å². The maximum absolute atomic E-state index is 12.5. The second-order valence-corrected chi connectivity index (χ2v) is 7.00. The van der Waals surface area contributed by atoms with E-state index < -0.39 is 0 Å². The SMILES string of the molecule is Cc1ccc(N2NC(C(=O)Nc3ccc(I)cc3C)=NCC2=O)cc1. The Bertz CT molecular complexity index is 862. The minimum atomic E-state index is -0.381. The molecule has 0 radical (unpaired) electrons. The molecular weight excluding hydrogens is 431 g/mol. The van der Waals surface area contributed by atoms with Crippen molar-refractivity contribution in [1.82, 2.24) is 5.43 Å². The van der Waals surface area contributed by atoms with Gasteiger partial charge in [0, 0.05) is 9.26 Å². The van der Waals surface area contributed by atoms with E-state index in [1.807, 2.05) is 56.3 Å². The van der Waals surface area contributed by atoms with Crippen molar-refractivity contribution in [3.05, 3.63) is 57.2 Å². The summed E-state index contributed by atoms with van der Waals surface area (Å²) in [6.07, 6.45) is 0. The lowest BCUT2D eigenvalue weighted by molar-refractivity contribution is -0.118. The zero-order chi connectivity index (χ0) is 18.0. The number of aryl methyl sites for hydroxylation is 2. The van der Waals surface area contributed by atoms with Crippen molar-refractivity contribution in [2.45, 2.75) is 13.8 Å². The Labute approximate surface area is 159 Å². The van der Waals surface area contributed by atoms with E-state index in [0.29, 0.717) is 11.4 Å². The normalized spacial score (nSPS) is 14.0. The summed E-state index contributed by atoms with van der Waals surface area (Å²) in [5.41, 5.74) is 6.25. The van der Waals surface area contributed by atoms with Crippen LogP contribution in [0.15, 0.2) is 47.5 Å². The summed E-state index contributed by atoms with van der Waals surface area (Å²) in [6.45, 7) is 3.82. The number of benzene rings is 2. The number of amidine groups is 1. The van der Waals surface area contributed by atoms with Crippen molar-refractivity contribution in [2.24, 2.45) is 4.99 Å². The average molecular weight is 448 g/mol. The number of rotatable bonds is 3. The van der Waals surface area contributed by atoms with Gasteiger partial charge in [0.1, 0.15) is 6.54 Å². The first-order valence-corrected chi connectivity index (χ1v) is 8.80. The zero-order valence-corrected chi connectivity index (χ0v) is 16.0. The summed E-state index contributed by atoms with van der Waals surface area (Å²) >= 11 is 2.22. The molecule has 0 saturated heterocycles. The largest absolute Gasteiger partial charge is 0.319 e. The van der Waals surface area contributed by atoms with E-state index in [4.69, 9.17) is 0 Å². The number of carbonyl (C=O) groups is 2. The molecule has 0 aromatic heterocycles. The minimum absolute atomic E-state index is 0.0741. The Morgan fingerprint density at radius 3 is 2.60 bits per heavy atom. The smallest absolute Gasteiger partial charge is 0.292 e. The molecular formula is C18H17IN4O2. The number of carbonyl (C=O) groups excluding carboxylic acids is 2. The number of hydrazine groups is 1. The van der Waals surface area contributed by atoms with Crippen molar-refractivity contribution >= 4 is 51.6 Å². The number of nitrogens with zero attached hydrogens (tertiary/aromatic N) is 2. The lowest BCUT2D eigenvalue weighted by Crippen LogP contribution is -2.54. The van der Waals surface area contributed by atoms with Gasteiger partial charge in [-0.2, -0.15) is 0 Å². The van der Waals surface area contributed by atoms with Gasteiger partial charge in [0.25, 0.3) is 11.8 Å². The lowest BCUT2D eigenvalue weighted by atomic mass is 10.2. The number of nitrogens with one attached hydrogen (secondary N) is 2. The fraction of sp³-hybridized carbons (Fsp3) is 0.167. The standard InChI is InChI=1S/C18H17IN4O2/c1-11-3-6-14(7-4-11)23-16(24)10-20-17(22-23)18(25)21-15-8-5-13(19)9-12(15)2/h3-9H,10H2,1-2H3,(H,20,22)(H,21,25). The summed E-state index contributed by atoms with van der Waals surface area (Å²) in [6, 6.07) is 13.2. The summed E-state index contributed by atoms with van der Waals surface area (Å²) in [5, 5.41) is 4.18. The van der Waals surface area contributed by atoms with E-state index in [-0.39, 0.29) is 24.2 Å². The van der Waals surface area contributed by atoms with Gasteiger partial charge in [-0.05, 0) is 72.3 Å². The quantitative estimate of drug-likeness (QED) is 0.710. The third-order valence-corrected chi connectivity index (χ3v) is 4.45. The molecule has 3 rings (SSSR count). The first-order valence-electron chi connectivity index (χ1n) is 7.72. The summed E-state index contributed by atoms with van der Waals surface area (Å²) < 4.78 is 1.09. The summed E-state index contributed by atoms with van der Waals surface area (Å²) in [4.78, 5) is 28.7. The second-order valence-electron chi connectivity index (χ2n) is 5.75. The van der Waals surface area contributed by atoms with E-state index in [2.05, 4.69) is 38.3 Å². The van der Waals surface area contributed by atoms with Gasteiger partial charge >= 0.3 is 0 Å². The Morgan fingerprint density at radius 1 is 1.20 bits per heavy atom. The number of halogens is 1. The summed E-state index contributed by atoms with van der Waals surface area (Å²) in [5.74, 6) is -0.488. The molecule has 0 fully saturated rings. The predicted molar refractivity (Wildman–Crippen MR) is 107 cm³/mol. The van der Waals surface area contributed by atoms with Gasteiger partial charge in [-0.1, -0.05) is 17.7 Å². The highest BCUT2D eigenvalue weighted by Gasteiger charge is 2.25. The predicted octanol–water partition coefficient (Wildman–Crippen LogP) is 2.80. The van der Waals surface area contributed by atoms with Crippen LogP contribution >= 0.6 is 22.6 Å². The number of anilines is 2. The van der Waals surface area contributed by atoms with Gasteiger partial charge < -0.3 is 5.32 Å². The number of aliphatic imine (C=N–C) groups is 1. The molecule has 0 unspecified atom stereocenters. The number of amides is 2. The van der Waals surface area contributed by atoms with Gasteiger partial charge in [0.2, 0.25) is 5.84 Å². The fourth-order valence-corrected chi connectivity index (χ4v) is 3.04. The van der Waals surface area contributed by atoms with Crippen LogP contribution < -0.4 is 15.8 Å². The summed E-state index contributed by atoms with van der Waals surface area (Å²) in [7, 11) is 0. The van der Waals surface area contributed by atoms with Crippen LogP contribution in [0.5, 0.6) is 0 Å². The first-order chi connectivity index (χ1) is 11.9. The Kier molecular flexibility index (Phi) is 5.03. The third-order valence-electron chi connectivity index (χ3n) is 3.78. The molecule has 2 aromatic carbocycles. The average Bonchev–Trinajstić information content (AvgIpc) is 2.58. The van der Waals surface area contributed by atoms with Crippen molar-refractivity contribution in [3.63, 3.8) is 0 Å². The molecule has 25 heavy (non-hydrogen) atoms. The van der Waals surface area contributed by atoms with Crippen LogP contribution in [-0.4, -0.2) is 24.2 Å². The van der Waals surface area contributed by atoms with Gasteiger partial charge in [-0.15, -0.1) is 0 Å². The van der Waals surface area contributed by atoms with E-state index in [0.717, 1.165) is 14.7 Å². The lowest BCUT2D eigenvalue weighted by Gasteiger charge is -2.27. The highest BCUT2D eigenvalue weighted by atomic mass is 127. The van der Waals surface area contributed by atoms with Crippen molar-refractivity contribution in [3.8, 4) is 0 Å². The molecule has 1 aliphatic rings. The fourth-order valence-electron chi connectivity index (χ4n) is 2.39. The van der Waals surface area contributed by atoms with Crippen LogP contribution in [0.4, 0.5) is 11.4 Å². The maximum atomic E-state index is 12.5. The zero-order valence-electron chi connectivity index (χ0n) is 13.8. The van der Waals surface area contributed by atoms with Crippen LogP contribution in [0, 0.1) is 17.4 Å². The topological polar surface area (TPSA) is 73.8 Å². The highest BCUT2D eigenvalue weighted by molar-refractivity contribution is 14.1. The van der Waals surface area contributed by atoms with Crippen LogP contribution in [-0.2, 0) is 9.59 Å². The van der Waals surface area contributed by atoms with Crippen molar-refractivity contribution in [1.29, 1.82) is 0 Å². The molecule has 0 saturated carbocycles. The van der Waals surface area contributed by atoms with Crippen molar-refractivity contribution < 1.29 is 9.59 Å². The Hall–Kier alpha value is -2.42. The van der Waals surface area contributed by atoms with Gasteiger partial charge in [-0.3, -0.25) is 20.0 Å². The molecule has 1 aliphatic heterocycles. The van der Waals surface area contributed by atoms with Crippen molar-refractivity contribution in [2.75, 3.05) is 16.9 Å². The Morgan fingerprint density at radius 2 is 1.92 bits per heavy atom. The minimum Gasteiger partial charge on any atom is -0.319 e. The van der Waals surface area contributed by atoms with Gasteiger partial charge in [0.15, 0.2) is 0 Å². The third kappa shape index (κ3) is 3.98. The van der Waals surface area contributed by atoms with Crippen LogP contribution in [0.1, 0.15) is 11.1 Å². The molecule has 128 valence electrons. The first kappa shape index (κ1) is 17.4. The van der Waals surface area contributed by atoms with E-state index in [1.165, 1.54) is 5.01 Å². The molecule has 2 N–H and O–H groups in total. The van der Waals surface area contributed by atoms with Crippen LogP contribution in [0.2, 0.25) is 0 Å². The van der Waals surface area contributed by atoms with E-state index in [1.54, 1.807) is 0 Å². The number of hydrogen-bond donors (Lipinski definition) is 2. The highest BCUT2D eigenvalue weighted by Crippen LogP contribution is 2.18. The molecule has 0 atom stereocenters. The molecule has 7 heteroatoms. The van der Waals surface area contributed by atoms with Gasteiger partial charge in [0.05, 0.1) is 5.69 Å². The second kappa shape index (κ2) is 7.22. The Balaban J connectivity index is 1.77. The molecule has 0 aliphatic carbocycles.